The Morgan fingerprint density at radius 2 is 2.00 bits per heavy atom. The van der Waals surface area contributed by atoms with Crippen molar-refractivity contribution in [1.29, 1.82) is 0 Å². The first-order chi connectivity index (χ1) is 11.6. The number of fused-ring (bicyclic) bond motifs is 3. The minimum Gasteiger partial charge on any atom is -0.377 e. The molecule has 4 rings (SSSR count). The van der Waals surface area contributed by atoms with E-state index in [2.05, 4.69) is 9.97 Å². The third-order valence-electron chi connectivity index (χ3n) is 4.02. The van der Waals surface area contributed by atoms with Crippen LogP contribution in [0.15, 0.2) is 47.7 Å². The summed E-state index contributed by atoms with van der Waals surface area (Å²) in [5.74, 6) is 0. The topological polar surface area (TPSA) is 51.0 Å². The summed E-state index contributed by atoms with van der Waals surface area (Å²) in [6, 6.07) is 9.79. The predicted molar refractivity (Wildman–Crippen MR) is 99.6 cm³/mol. The summed E-state index contributed by atoms with van der Waals surface area (Å²) >= 11 is 1.40. The van der Waals surface area contributed by atoms with Crippen molar-refractivity contribution in [3.63, 3.8) is 0 Å². The number of thiophene rings is 1. The van der Waals surface area contributed by atoms with Crippen LogP contribution in [-0.2, 0) is 0 Å². The second-order valence-corrected chi connectivity index (χ2v) is 6.94. The zero-order chi connectivity index (χ0) is 16.8. The predicted octanol–water partition coefficient (Wildman–Crippen LogP) is 3.37. The second-order valence-electron chi connectivity index (χ2n) is 5.94. The summed E-state index contributed by atoms with van der Waals surface area (Å²) in [5, 5.41) is 0.941. The Morgan fingerprint density at radius 3 is 2.75 bits per heavy atom. The van der Waals surface area contributed by atoms with E-state index in [-0.39, 0.29) is 5.56 Å². The molecule has 3 heterocycles. The van der Waals surface area contributed by atoms with Gasteiger partial charge in [0.1, 0.15) is 15.9 Å². The number of anilines is 1. The fourth-order valence-electron chi connectivity index (χ4n) is 2.87. The average Bonchev–Trinajstić information content (AvgIpc) is 2.94. The van der Waals surface area contributed by atoms with Crippen LogP contribution in [0, 0.1) is 6.92 Å². The monoisotopic (exact) mass is 336 g/mol. The first-order valence-corrected chi connectivity index (χ1v) is 8.41. The number of aromatic nitrogens is 3. The van der Waals surface area contributed by atoms with Crippen molar-refractivity contribution in [3.05, 3.63) is 58.8 Å². The first kappa shape index (κ1) is 14.8. The molecule has 0 fully saturated rings. The molecule has 0 amide bonds. The summed E-state index contributed by atoms with van der Waals surface area (Å²) in [6.45, 7) is 2.01. The summed E-state index contributed by atoms with van der Waals surface area (Å²) in [7, 11) is 3.96. The fourth-order valence-corrected chi connectivity index (χ4v) is 3.92. The lowest BCUT2D eigenvalue weighted by Crippen LogP contribution is -2.17. The lowest BCUT2D eigenvalue weighted by atomic mass is 10.2. The molecule has 0 aliphatic heterocycles. The molecule has 0 spiro atoms. The fraction of sp³-hybridized carbons (Fsp3) is 0.167. The number of benzene rings is 1. The summed E-state index contributed by atoms with van der Waals surface area (Å²) in [5.41, 5.74) is 3.62. The van der Waals surface area contributed by atoms with Gasteiger partial charge >= 0.3 is 0 Å². The van der Waals surface area contributed by atoms with Crippen molar-refractivity contribution in [2.24, 2.45) is 0 Å². The van der Waals surface area contributed by atoms with E-state index in [1.54, 1.807) is 17.1 Å². The number of nitrogens with zero attached hydrogens (tertiary/aromatic N) is 4. The number of hydrogen-bond acceptors (Lipinski definition) is 5. The normalized spacial score (nSPS) is 11.3. The maximum atomic E-state index is 13.0. The van der Waals surface area contributed by atoms with Crippen LogP contribution >= 0.6 is 11.3 Å². The van der Waals surface area contributed by atoms with Crippen LogP contribution in [0.5, 0.6) is 0 Å². The van der Waals surface area contributed by atoms with Gasteiger partial charge in [0, 0.05) is 20.3 Å². The van der Waals surface area contributed by atoms with Crippen LogP contribution in [0.4, 0.5) is 5.69 Å². The van der Waals surface area contributed by atoms with Crippen molar-refractivity contribution in [3.8, 4) is 5.69 Å². The van der Waals surface area contributed by atoms with Gasteiger partial charge in [-0.1, -0.05) is 12.1 Å². The largest absolute Gasteiger partial charge is 0.377 e. The minimum absolute atomic E-state index is 0.0571. The average molecular weight is 336 g/mol. The zero-order valence-corrected chi connectivity index (χ0v) is 14.5. The molecule has 24 heavy (non-hydrogen) atoms. The molecule has 5 nitrogen and oxygen atoms in total. The van der Waals surface area contributed by atoms with E-state index in [0.717, 1.165) is 32.7 Å². The van der Waals surface area contributed by atoms with Crippen molar-refractivity contribution < 1.29 is 0 Å². The minimum atomic E-state index is -0.0571. The molecule has 6 heteroatoms. The third kappa shape index (κ3) is 2.18. The lowest BCUT2D eigenvalue weighted by Gasteiger charge is -2.13. The first-order valence-electron chi connectivity index (χ1n) is 7.59. The van der Waals surface area contributed by atoms with Crippen LogP contribution in [0.3, 0.4) is 0 Å². The SMILES string of the molecule is Cc1cccc(-n2cnc3c(sc4nccc(N(C)C)c43)c2=O)c1. The molecular formula is C18H16N4OS. The number of aryl methyl sites for hydroxylation is 1. The maximum Gasteiger partial charge on any atom is 0.275 e. The van der Waals surface area contributed by atoms with Gasteiger partial charge in [-0.25, -0.2) is 9.97 Å². The molecule has 0 radical (unpaired) electrons. The van der Waals surface area contributed by atoms with E-state index in [1.807, 2.05) is 56.3 Å². The van der Waals surface area contributed by atoms with Crippen LogP contribution in [0.1, 0.15) is 5.56 Å². The Bertz CT molecular complexity index is 1130. The Balaban J connectivity index is 2.06. The van der Waals surface area contributed by atoms with Crippen molar-refractivity contribution in [2.45, 2.75) is 6.92 Å². The molecule has 0 aliphatic carbocycles. The Kier molecular flexibility index (Phi) is 3.35. The van der Waals surface area contributed by atoms with Gasteiger partial charge in [0.2, 0.25) is 0 Å². The van der Waals surface area contributed by atoms with E-state index in [1.165, 1.54) is 11.3 Å². The molecule has 4 aromatic rings. The van der Waals surface area contributed by atoms with Gasteiger partial charge in [0.15, 0.2) is 0 Å². The van der Waals surface area contributed by atoms with Gasteiger partial charge in [-0.15, -0.1) is 11.3 Å². The van der Waals surface area contributed by atoms with E-state index in [4.69, 9.17) is 0 Å². The molecule has 0 bridgehead atoms. The van der Waals surface area contributed by atoms with Crippen LogP contribution in [0.25, 0.3) is 26.1 Å². The van der Waals surface area contributed by atoms with E-state index < -0.39 is 0 Å². The molecule has 0 atom stereocenters. The number of pyridine rings is 1. The van der Waals surface area contributed by atoms with Crippen LogP contribution < -0.4 is 10.5 Å². The van der Waals surface area contributed by atoms with Crippen molar-refractivity contribution in [1.82, 2.24) is 14.5 Å². The molecular weight excluding hydrogens is 320 g/mol. The molecule has 0 unspecified atom stereocenters. The maximum absolute atomic E-state index is 13.0. The Hall–Kier alpha value is -2.73. The van der Waals surface area contributed by atoms with E-state index in [0.29, 0.717) is 4.70 Å². The summed E-state index contributed by atoms with van der Waals surface area (Å²) in [4.78, 5) is 24.8. The van der Waals surface area contributed by atoms with Crippen LogP contribution in [-0.4, -0.2) is 28.6 Å². The third-order valence-corrected chi connectivity index (χ3v) is 5.10. The highest BCUT2D eigenvalue weighted by Crippen LogP contribution is 2.35. The highest BCUT2D eigenvalue weighted by molar-refractivity contribution is 7.25. The molecule has 0 saturated heterocycles. The number of rotatable bonds is 2. The molecule has 1 aromatic carbocycles. The summed E-state index contributed by atoms with van der Waals surface area (Å²) in [6.07, 6.45) is 3.38. The Labute approximate surface area is 142 Å². The summed E-state index contributed by atoms with van der Waals surface area (Å²) < 4.78 is 2.23. The smallest absolute Gasteiger partial charge is 0.275 e. The van der Waals surface area contributed by atoms with E-state index >= 15 is 0 Å². The molecule has 0 N–H and O–H groups in total. The van der Waals surface area contributed by atoms with Gasteiger partial charge in [-0.05, 0) is 30.7 Å². The quantitative estimate of drug-likeness (QED) is 0.563. The van der Waals surface area contributed by atoms with Crippen molar-refractivity contribution in [2.75, 3.05) is 19.0 Å². The second kappa shape index (κ2) is 5.42. The van der Waals surface area contributed by atoms with Gasteiger partial charge in [0.25, 0.3) is 5.56 Å². The Morgan fingerprint density at radius 1 is 1.17 bits per heavy atom. The molecule has 0 aliphatic rings. The van der Waals surface area contributed by atoms with Gasteiger partial charge < -0.3 is 4.90 Å². The van der Waals surface area contributed by atoms with Crippen LogP contribution in [0.2, 0.25) is 0 Å². The number of hydrogen-bond donors (Lipinski definition) is 0. The molecule has 3 aromatic heterocycles. The standard InChI is InChI=1S/C18H16N4OS/c1-11-5-4-6-12(9-11)22-10-20-15-14-13(21(2)3)7-8-19-17(14)24-16(15)18(22)23/h4-10H,1-3H3. The van der Waals surface area contributed by atoms with Gasteiger partial charge in [-0.3, -0.25) is 9.36 Å². The van der Waals surface area contributed by atoms with Crippen molar-refractivity contribution >= 4 is 37.5 Å². The molecule has 120 valence electrons. The van der Waals surface area contributed by atoms with Gasteiger partial charge in [0.05, 0.1) is 22.3 Å². The lowest BCUT2D eigenvalue weighted by molar-refractivity contribution is 0.965. The zero-order valence-electron chi connectivity index (χ0n) is 13.6. The van der Waals surface area contributed by atoms with E-state index in [9.17, 15) is 4.79 Å². The highest BCUT2D eigenvalue weighted by Gasteiger charge is 2.16. The highest BCUT2D eigenvalue weighted by atomic mass is 32.1. The van der Waals surface area contributed by atoms with Gasteiger partial charge in [-0.2, -0.15) is 0 Å². The molecule has 0 saturated carbocycles.